The van der Waals surface area contributed by atoms with E-state index in [1.807, 2.05) is 0 Å². The fraction of sp³-hybridized carbons (Fsp3) is 0.294. The van der Waals surface area contributed by atoms with Gasteiger partial charge in [-0.25, -0.2) is 31.6 Å². The van der Waals surface area contributed by atoms with Crippen LogP contribution >= 0.6 is 0 Å². The van der Waals surface area contributed by atoms with Gasteiger partial charge >= 0.3 is 5.97 Å². The van der Waals surface area contributed by atoms with Crippen LogP contribution in [0.4, 0.5) is 20.2 Å². The molecule has 6 rings (SSSR count). The van der Waals surface area contributed by atoms with Gasteiger partial charge in [0, 0.05) is 49.9 Å². The Balaban J connectivity index is 0.000000191. The maximum Gasteiger partial charge on any atom is 0.340 e. The van der Waals surface area contributed by atoms with Crippen LogP contribution in [0.1, 0.15) is 59.2 Å². The van der Waals surface area contributed by atoms with Crippen LogP contribution in [0.2, 0.25) is 0 Å². The van der Waals surface area contributed by atoms with Crippen molar-refractivity contribution in [3.05, 3.63) is 108 Å². The van der Waals surface area contributed by atoms with Crippen LogP contribution in [0.3, 0.4) is 0 Å². The molecule has 0 spiro atoms. The first-order valence-corrected chi connectivity index (χ1v) is 18.9. The second kappa shape index (κ2) is 17.9. The van der Waals surface area contributed by atoms with Crippen molar-refractivity contribution in [2.24, 2.45) is 0 Å². The lowest BCUT2D eigenvalue weighted by atomic mass is 10.2. The number of carbonyl (C=O) groups is 2. The minimum atomic E-state index is -3.60. The van der Waals surface area contributed by atoms with Crippen LogP contribution in [0, 0.1) is 11.9 Å². The predicted molar refractivity (Wildman–Crippen MR) is 186 cm³/mol. The molecule has 0 saturated carbocycles. The zero-order chi connectivity index (χ0) is 37.0. The highest BCUT2D eigenvalue weighted by Crippen LogP contribution is 2.24. The zero-order valence-electron chi connectivity index (χ0n) is 27.5. The first kappa shape index (κ1) is 39.0. The summed E-state index contributed by atoms with van der Waals surface area (Å²) in [4.78, 5) is 29.3. The van der Waals surface area contributed by atoms with E-state index in [-0.39, 0.29) is 16.1 Å². The molecule has 0 aliphatic carbocycles. The summed E-state index contributed by atoms with van der Waals surface area (Å²) >= 11 is 0. The molecule has 2 aromatic heterocycles. The van der Waals surface area contributed by atoms with Crippen molar-refractivity contribution in [2.75, 3.05) is 37.2 Å². The summed E-state index contributed by atoms with van der Waals surface area (Å²) in [5.74, 6) is -3.81. The van der Waals surface area contributed by atoms with Gasteiger partial charge in [0.05, 0.1) is 15.4 Å². The third kappa shape index (κ3) is 10.6. The van der Waals surface area contributed by atoms with Gasteiger partial charge in [0.25, 0.3) is 5.91 Å². The molecule has 2 fully saturated rings. The molecular weight excluding hydrogens is 707 g/mol. The summed E-state index contributed by atoms with van der Waals surface area (Å²) in [7, 11) is -6.93. The number of rotatable bonds is 7. The van der Waals surface area contributed by atoms with Crippen molar-refractivity contribution in [1.29, 1.82) is 0 Å². The van der Waals surface area contributed by atoms with Gasteiger partial charge in [0.15, 0.2) is 0 Å². The molecular formula is C34H38F2N6O7S2. The summed E-state index contributed by atoms with van der Waals surface area (Å²) in [6.45, 7) is 2.24. The molecule has 0 bridgehead atoms. The summed E-state index contributed by atoms with van der Waals surface area (Å²) in [5, 5.41) is 10.8. The van der Waals surface area contributed by atoms with Crippen LogP contribution in [0.25, 0.3) is 0 Å². The van der Waals surface area contributed by atoms with E-state index in [2.05, 4.69) is 15.3 Å². The maximum atomic E-state index is 13.6. The second-order valence-electron chi connectivity index (χ2n) is 11.5. The van der Waals surface area contributed by atoms with E-state index >= 15 is 0 Å². The van der Waals surface area contributed by atoms with Gasteiger partial charge in [-0.15, -0.1) is 0 Å². The molecule has 0 radical (unpaired) electrons. The monoisotopic (exact) mass is 744 g/mol. The van der Waals surface area contributed by atoms with Crippen LogP contribution in [0.15, 0.2) is 95.0 Å². The van der Waals surface area contributed by atoms with E-state index < -0.39 is 49.4 Å². The Morgan fingerprint density at radius 2 is 1.14 bits per heavy atom. The van der Waals surface area contributed by atoms with E-state index in [1.165, 1.54) is 53.1 Å². The van der Waals surface area contributed by atoms with Crippen molar-refractivity contribution >= 4 is 43.3 Å². The fourth-order valence-electron chi connectivity index (χ4n) is 5.22. The molecule has 4 aromatic rings. The number of sulfonamides is 2. The molecule has 2 aliphatic rings. The van der Waals surface area contributed by atoms with E-state index in [0.29, 0.717) is 36.8 Å². The molecule has 2 saturated heterocycles. The number of carboxylic acid groups (broad SMARTS) is 1. The molecule has 4 N–H and O–H groups in total. The van der Waals surface area contributed by atoms with Gasteiger partial charge in [0.1, 0.15) is 5.56 Å². The molecule has 51 heavy (non-hydrogen) atoms. The average molecular weight is 745 g/mol. The van der Waals surface area contributed by atoms with Crippen molar-refractivity contribution in [3.8, 4) is 0 Å². The SMILES string of the molecule is Nc1cccc(S(=O)(=O)N2CCCCC2)c1.O=C(Nc1cccc(S(=O)(=O)N2CCCCC2)c1)c1cccnc1F.O=C(O)c1cccnc1F. The summed E-state index contributed by atoms with van der Waals surface area (Å²) < 4.78 is 78.7. The normalized spacial score (nSPS) is 15.3. The third-order valence-electron chi connectivity index (χ3n) is 7.85. The number of aromatic carboxylic acids is 1. The van der Waals surface area contributed by atoms with E-state index in [0.717, 1.165) is 44.6 Å². The number of amides is 1. The number of anilines is 2. The molecule has 0 unspecified atom stereocenters. The number of piperidine rings is 2. The summed E-state index contributed by atoms with van der Waals surface area (Å²) in [6.07, 6.45) is 8.16. The predicted octanol–water partition coefficient (Wildman–Crippen LogP) is 5.01. The highest BCUT2D eigenvalue weighted by atomic mass is 32.2. The van der Waals surface area contributed by atoms with Crippen molar-refractivity contribution < 1.29 is 40.3 Å². The average Bonchev–Trinajstić information content (AvgIpc) is 3.13. The Bertz CT molecular complexity index is 2040. The van der Waals surface area contributed by atoms with E-state index in [9.17, 15) is 35.2 Å². The number of nitrogens with two attached hydrogens (primary N) is 1. The number of carbonyl (C=O) groups excluding carboxylic acids is 1. The number of halogens is 2. The number of carboxylic acids is 1. The number of hydrogen-bond donors (Lipinski definition) is 3. The van der Waals surface area contributed by atoms with Crippen LogP contribution in [-0.4, -0.2) is 78.6 Å². The molecule has 4 heterocycles. The fourth-order valence-corrected chi connectivity index (χ4v) is 8.35. The van der Waals surface area contributed by atoms with Gasteiger partial charge in [-0.1, -0.05) is 25.0 Å². The molecule has 2 aliphatic heterocycles. The first-order chi connectivity index (χ1) is 24.3. The summed E-state index contributed by atoms with van der Waals surface area (Å²) in [5.41, 5.74) is 5.77. The number of pyridine rings is 2. The highest BCUT2D eigenvalue weighted by Gasteiger charge is 2.27. The standard InChI is InChI=1S/C17H18FN3O3S.C11H16N2O2S.C6H4FNO2/c18-16-15(8-5-9-19-16)17(22)20-13-6-4-7-14(12-13)25(23,24)21-10-2-1-3-11-21;12-10-5-4-6-11(9-10)16(14,15)13-7-2-1-3-8-13;7-5-4(6(9)10)2-1-3-8-5/h4-9,12H,1-3,10-11H2,(H,20,22);4-6,9H,1-3,7-8,12H2;1-3H,(H,9,10). The lowest BCUT2D eigenvalue weighted by molar-refractivity contribution is 0.0690. The number of nitrogens with zero attached hydrogens (tertiary/aromatic N) is 4. The first-order valence-electron chi connectivity index (χ1n) is 16.0. The van der Waals surface area contributed by atoms with Crippen LogP contribution < -0.4 is 11.1 Å². The number of nitrogen functional groups attached to an aromatic ring is 1. The van der Waals surface area contributed by atoms with Crippen molar-refractivity contribution in [1.82, 2.24) is 18.6 Å². The molecule has 0 atom stereocenters. The third-order valence-corrected chi connectivity index (χ3v) is 11.6. The lowest BCUT2D eigenvalue weighted by Crippen LogP contribution is -2.35. The Kier molecular flexibility index (Phi) is 13.7. The van der Waals surface area contributed by atoms with Crippen LogP contribution in [0.5, 0.6) is 0 Å². The second-order valence-corrected chi connectivity index (χ2v) is 15.3. The minimum absolute atomic E-state index is 0.110. The molecule has 17 heteroatoms. The van der Waals surface area contributed by atoms with Crippen molar-refractivity contribution in [3.63, 3.8) is 0 Å². The molecule has 2 aromatic carbocycles. The lowest BCUT2D eigenvalue weighted by Gasteiger charge is -2.26. The number of aromatic nitrogens is 2. The Labute approximate surface area is 295 Å². The maximum absolute atomic E-state index is 13.6. The Morgan fingerprint density at radius 3 is 1.59 bits per heavy atom. The molecule has 13 nitrogen and oxygen atoms in total. The quantitative estimate of drug-likeness (QED) is 0.171. The Hall–Kier alpha value is -4.84. The van der Waals surface area contributed by atoms with Crippen molar-refractivity contribution in [2.45, 2.75) is 48.3 Å². The smallest absolute Gasteiger partial charge is 0.340 e. The molecule has 1 amide bonds. The summed E-state index contributed by atoms with van der Waals surface area (Å²) in [6, 6.07) is 17.7. The zero-order valence-corrected chi connectivity index (χ0v) is 29.1. The van der Waals surface area contributed by atoms with E-state index in [1.54, 1.807) is 34.6 Å². The van der Waals surface area contributed by atoms with Gasteiger partial charge in [-0.3, -0.25) is 4.79 Å². The van der Waals surface area contributed by atoms with Crippen LogP contribution in [-0.2, 0) is 20.0 Å². The van der Waals surface area contributed by atoms with E-state index in [4.69, 9.17) is 10.8 Å². The van der Waals surface area contributed by atoms with Gasteiger partial charge in [-0.2, -0.15) is 17.4 Å². The van der Waals surface area contributed by atoms with Gasteiger partial charge < -0.3 is 16.2 Å². The Morgan fingerprint density at radius 1 is 0.667 bits per heavy atom. The number of hydrogen-bond acceptors (Lipinski definition) is 9. The highest BCUT2D eigenvalue weighted by molar-refractivity contribution is 7.89. The number of nitrogens with one attached hydrogen (secondary N) is 1. The number of benzene rings is 2. The van der Waals surface area contributed by atoms with Gasteiger partial charge in [-0.05, 0) is 86.3 Å². The largest absolute Gasteiger partial charge is 0.478 e. The molecule has 272 valence electrons. The topological polar surface area (TPSA) is 193 Å². The van der Waals surface area contributed by atoms with Gasteiger partial charge in [0.2, 0.25) is 31.9 Å². The minimum Gasteiger partial charge on any atom is -0.478 e.